The van der Waals surface area contributed by atoms with E-state index in [0.717, 1.165) is 10.5 Å². The number of aliphatic carboxylic acids is 1. The van der Waals surface area contributed by atoms with Crippen LogP contribution < -0.4 is 0 Å². The maximum absolute atomic E-state index is 11.9. The van der Waals surface area contributed by atoms with Crippen LogP contribution in [0.15, 0.2) is 30.3 Å². The first-order valence-electron chi connectivity index (χ1n) is 7.13. The number of ether oxygens (including phenoxy) is 2. The maximum atomic E-state index is 11.9. The van der Waals surface area contributed by atoms with Crippen molar-refractivity contribution in [3.8, 4) is 0 Å². The minimum Gasteiger partial charge on any atom is -0.480 e. The van der Waals surface area contributed by atoms with E-state index in [1.54, 1.807) is 0 Å². The van der Waals surface area contributed by atoms with E-state index in [4.69, 9.17) is 14.6 Å². The standard InChI is InChI=1S/C15H16N2O6/c18-12(19)6-16-8-15(23-14(16)21)9-17(10-15)13(20)22-7-11-4-2-1-3-5-11/h1-5H,6-10H2,(H,18,19). The van der Waals surface area contributed by atoms with Gasteiger partial charge in [-0.1, -0.05) is 30.3 Å². The van der Waals surface area contributed by atoms with Gasteiger partial charge in [-0.05, 0) is 5.56 Å². The van der Waals surface area contributed by atoms with E-state index in [2.05, 4.69) is 0 Å². The predicted molar refractivity (Wildman–Crippen MR) is 76.6 cm³/mol. The lowest BCUT2D eigenvalue weighted by Crippen LogP contribution is -2.65. The molecule has 0 aliphatic carbocycles. The van der Waals surface area contributed by atoms with Gasteiger partial charge in [0.1, 0.15) is 13.2 Å². The van der Waals surface area contributed by atoms with E-state index in [1.165, 1.54) is 4.90 Å². The summed E-state index contributed by atoms with van der Waals surface area (Å²) < 4.78 is 10.4. The molecule has 2 fully saturated rings. The molecule has 2 aliphatic rings. The summed E-state index contributed by atoms with van der Waals surface area (Å²) in [5.41, 5.74) is 0.0780. The number of benzene rings is 1. The quantitative estimate of drug-likeness (QED) is 0.886. The molecule has 1 aromatic rings. The second kappa shape index (κ2) is 5.79. The molecule has 2 aliphatic heterocycles. The zero-order valence-electron chi connectivity index (χ0n) is 12.3. The van der Waals surface area contributed by atoms with Crippen molar-refractivity contribution < 1.29 is 29.0 Å². The summed E-state index contributed by atoms with van der Waals surface area (Å²) in [6.45, 7) is 0.360. The minimum atomic E-state index is -1.10. The third kappa shape index (κ3) is 3.20. The van der Waals surface area contributed by atoms with E-state index >= 15 is 0 Å². The number of likely N-dealkylation sites (tertiary alicyclic amines) is 1. The summed E-state index contributed by atoms with van der Waals surface area (Å²) in [4.78, 5) is 36.8. The Morgan fingerprint density at radius 1 is 1.22 bits per heavy atom. The average molecular weight is 320 g/mol. The van der Waals surface area contributed by atoms with Gasteiger partial charge in [0.05, 0.1) is 19.6 Å². The summed E-state index contributed by atoms with van der Waals surface area (Å²) in [7, 11) is 0. The van der Waals surface area contributed by atoms with Gasteiger partial charge in [0, 0.05) is 0 Å². The number of hydrogen-bond acceptors (Lipinski definition) is 5. The molecule has 0 unspecified atom stereocenters. The Morgan fingerprint density at radius 2 is 1.91 bits per heavy atom. The highest BCUT2D eigenvalue weighted by atomic mass is 16.6. The molecule has 8 nitrogen and oxygen atoms in total. The van der Waals surface area contributed by atoms with Crippen LogP contribution in [0.5, 0.6) is 0 Å². The topological polar surface area (TPSA) is 96.4 Å². The van der Waals surface area contributed by atoms with Gasteiger partial charge in [0.2, 0.25) is 0 Å². The van der Waals surface area contributed by atoms with E-state index in [1.807, 2.05) is 30.3 Å². The lowest BCUT2D eigenvalue weighted by Gasteiger charge is -2.44. The van der Waals surface area contributed by atoms with Crippen molar-refractivity contribution in [3.05, 3.63) is 35.9 Å². The summed E-state index contributed by atoms with van der Waals surface area (Å²) in [5, 5.41) is 8.74. The predicted octanol–water partition coefficient (Wildman–Crippen LogP) is 0.914. The molecule has 1 spiro atoms. The zero-order chi connectivity index (χ0) is 16.4. The molecule has 0 radical (unpaired) electrons. The van der Waals surface area contributed by atoms with E-state index in [0.29, 0.717) is 0 Å². The van der Waals surface area contributed by atoms with Crippen LogP contribution in [0.3, 0.4) is 0 Å². The molecule has 2 heterocycles. The van der Waals surface area contributed by atoms with Gasteiger partial charge >= 0.3 is 18.2 Å². The zero-order valence-corrected chi connectivity index (χ0v) is 12.3. The van der Waals surface area contributed by atoms with Gasteiger partial charge in [-0.15, -0.1) is 0 Å². The Kier molecular flexibility index (Phi) is 3.81. The smallest absolute Gasteiger partial charge is 0.411 e. The minimum absolute atomic E-state index is 0.167. The van der Waals surface area contributed by atoms with Crippen LogP contribution in [0.4, 0.5) is 9.59 Å². The molecule has 3 rings (SSSR count). The monoisotopic (exact) mass is 320 g/mol. The van der Waals surface area contributed by atoms with Crippen LogP contribution in [0.25, 0.3) is 0 Å². The van der Waals surface area contributed by atoms with Crippen molar-refractivity contribution in [3.63, 3.8) is 0 Å². The van der Waals surface area contributed by atoms with Crippen molar-refractivity contribution >= 4 is 18.2 Å². The third-order valence-electron chi connectivity index (χ3n) is 3.79. The second-order valence-corrected chi connectivity index (χ2v) is 5.70. The molecule has 0 saturated carbocycles. The Labute approximate surface area is 132 Å². The first-order chi connectivity index (χ1) is 11.0. The van der Waals surface area contributed by atoms with Crippen LogP contribution in [0.2, 0.25) is 0 Å². The maximum Gasteiger partial charge on any atom is 0.411 e. The van der Waals surface area contributed by atoms with E-state index in [9.17, 15) is 14.4 Å². The first kappa shape index (κ1) is 15.1. The molecule has 23 heavy (non-hydrogen) atoms. The molecule has 1 aromatic carbocycles. The fraction of sp³-hybridized carbons (Fsp3) is 0.400. The molecule has 122 valence electrons. The number of amides is 2. The molecule has 0 aromatic heterocycles. The van der Waals surface area contributed by atoms with Crippen LogP contribution in [0, 0.1) is 0 Å². The second-order valence-electron chi connectivity index (χ2n) is 5.70. The number of carboxylic acid groups (broad SMARTS) is 1. The van der Waals surface area contributed by atoms with Crippen LogP contribution in [-0.2, 0) is 20.9 Å². The number of carbonyl (C=O) groups excluding carboxylic acids is 2. The van der Waals surface area contributed by atoms with E-state index in [-0.39, 0.29) is 26.2 Å². The van der Waals surface area contributed by atoms with Crippen molar-refractivity contribution in [1.82, 2.24) is 9.80 Å². The third-order valence-corrected chi connectivity index (χ3v) is 3.79. The van der Waals surface area contributed by atoms with Crippen LogP contribution >= 0.6 is 0 Å². The van der Waals surface area contributed by atoms with Crippen molar-refractivity contribution in [2.24, 2.45) is 0 Å². The molecular weight excluding hydrogens is 304 g/mol. The highest BCUT2D eigenvalue weighted by Gasteiger charge is 2.55. The Balaban J connectivity index is 1.48. The summed E-state index contributed by atoms with van der Waals surface area (Å²) >= 11 is 0. The fourth-order valence-electron chi connectivity index (χ4n) is 2.73. The van der Waals surface area contributed by atoms with Gasteiger partial charge in [0.15, 0.2) is 5.60 Å². The van der Waals surface area contributed by atoms with Crippen LogP contribution in [-0.4, -0.2) is 64.8 Å². The Morgan fingerprint density at radius 3 is 2.57 bits per heavy atom. The lowest BCUT2D eigenvalue weighted by atomic mass is 9.95. The highest BCUT2D eigenvalue weighted by Crippen LogP contribution is 2.32. The summed E-state index contributed by atoms with van der Waals surface area (Å²) in [6, 6.07) is 9.30. The van der Waals surface area contributed by atoms with Gasteiger partial charge in [0.25, 0.3) is 0 Å². The van der Waals surface area contributed by atoms with Gasteiger partial charge in [-0.2, -0.15) is 0 Å². The molecular formula is C15H16N2O6. The van der Waals surface area contributed by atoms with Gasteiger partial charge in [-0.25, -0.2) is 9.59 Å². The molecule has 2 saturated heterocycles. The van der Waals surface area contributed by atoms with Gasteiger partial charge in [-0.3, -0.25) is 14.6 Å². The summed E-state index contributed by atoms with van der Waals surface area (Å²) in [6.07, 6.45) is -1.14. The number of hydrogen-bond donors (Lipinski definition) is 1. The lowest BCUT2D eigenvalue weighted by molar-refractivity contribution is -0.137. The molecule has 0 atom stereocenters. The van der Waals surface area contributed by atoms with Crippen molar-refractivity contribution in [1.29, 1.82) is 0 Å². The molecule has 2 amide bonds. The van der Waals surface area contributed by atoms with Gasteiger partial charge < -0.3 is 14.6 Å². The van der Waals surface area contributed by atoms with E-state index < -0.39 is 30.3 Å². The molecule has 0 bridgehead atoms. The summed E-state index contributed by atoms with van der Waals surface area (Å²) in [5.74, 6) is -1.10. The molecule has 1 N–H and O–H groups in total. The van der Waals surface area contributed by atoms with Crippen molar-refractivity contribution in [2.75, 3.05) is 26.2 Å². The van der Waals surface area contributed by atoms with Crippen molar-refractivity contribution in [2.45, 2.75) is 12.2 Å². The fourth-order valence-corrected chi connectivity index (χ4v) is 2.73. The SMILES string of the molecule is O=C(O)CN1CC2(CN(C(=O)OCc3ccccc3)C2)OC1=O. The number of nitrogens with zero attached hydrogens (tertiary/aromatic N) is 2. The normalized spacial score (nSPS) is 18.5. The Hall–Kier alpha value is -2.77. The Bertz CT molecular complexity index is 626. The number of rotatable bonds is 4. The number of carbonyl (C=O) groups is 3. The number of carboxylic acids is 1. The van der Waals surface area contributed by atoms with Crippen LogP contribution in [0.1, 0.15) is 5.56 Å². The molecule has 8 heteroatoms. The first-order valence-corrected chi connectivity index (χ1v) is 7.13. The highest BCUT2D eigenvalue weighted by molar-refractivity contribution is 5.79. The average Bonchev–Trinajstić information content (AvgIpc) is 2.81. The largest absolute Gasteiger partial charge is 0.480 e.